The Morgan fingerprint density at radius 3 is 2.75 bits per heavy atom. The molecule has 0 fully saturated rings. The van der Waals surface area contributed by atoms with Crippen LogP contribution in [0.1, 0.15) is 23.6 Å². The van der Waals surface area contributed by atoms with Crippen LogP contribution in [0.25, 0.3) is 6.08 Å². The minimum atomic E-state index is -3.66. The summed E-state index contributed by atoms with van der Waals surface area (Å²) in [6, 6.07) is 5.43. The molecule has 0 aliphatic heterocycles. The minimum Gasteiger partial charge on any atom is -0.463 e. The Hall–Kier alpha value is -1.42. The zero-order valence-corrected chi connectivity index (χ0v) is 12.7. The molecule has 0 aromatic heterocycles. The van der Waals surface area contributed by atoms with Gasteiger partial charge in [-0.15, -0.1) is 0 Å². The summed E-state index contributed by atoms with van der Waals surface area (Å²) in [4.78, 5) is 20.9. The topological polar surface area (TPSA) is 72.8 Å². The van der Waals surface area contributed by atoms with Crippen LogP contribution in [0.5, 0.6) is 0 Å². The second-order valence-electron chi connectivity index (χ2n) is 4.21. The summed E-state index contributed by atoms with van der Waals surface area (Å²) in [6.45, 7) is 3.87. The second-order valence-corrected chi connectivity index (χ2v) is 6.16. The number of esters is 1. The molecule has 0 spiro atoms. The summed E-state index contributed by atoms with van der Waals surface area (Å²) in [7, 11) is -2.46. The Morgan fingerprint density at radius 2 is 2.15 bits per heavy atom. The molecule has 1 aromatic rings. The van der Waals surface area contributed by atoms with E-state index >= 15 is 0 Å². The predicted molar refractivity (Wildman–Crippen MR) is 77.4 cm³/mol. The lowest BCUT2D eigenvalue weighted by Gasteiger charge is -2.13. The van der Waals surface area contributed by atoms with Crippen molar-refractivity contribution in [2.45, 2.75) is 20.0 Å². The fourth-order valence-corrected chi connectivity index (χ4v) is 2.67. The Kier molecular flexibility index (Phi) is 6.14. The molecule has 0 radical (unpaired) electrons. The van der Waals surface area contributed by atoms with Gasteiger partial charge >= 0.3 is 13.6 Å². The standard InChI is InChI=1S/C14H19O5P/c1-4-19-14(15)9-8-12-7-5-6-11(2)13(12)10-20(16,17)18-3/h5-9H,4,10H2,1-3H3,(H,16,17)/b9-8+. The number of hydrogen-bond donors (Lipinski definition) is 1. The van der Waals surface area contributed by atoms with Crippen molar-refractivity contribution in [2.75, 3.05) is 13.7 Å². The van der Waals surface area contributed by atoms with Crippen molar-refractivity contribution in [3.8, 4) is 0 Å². The number of carbonyl (C=O) groups excluding carboxylic acids is 1. The normalized spacial score (nSPS) is 14.2. The number of hydrogen-bond acceptors (Lipinski definition) is 4. The molecule has 1 unspecified atom stereocenters. The lowest BCUT2D eigenvalue weighted by molar-refractivity contribution is -0.137. The fourth-order valence-electron chi connectivity index (χ4n) is 1.71. The van der Waals surface area contributed by atoms with E-state index in [2.05, 4.69) is 4.52 Å². The maximum atomic E-state index is 11.7. The summed E-state index contributed by atoms with van der Waals surface area (Å²) in [6.07, 6.45) is 2.78. The number of ether oxygens (including phenoxy) is 1. The van der Waals surface area contributed by atoms with Crippen LogP contribution in [0.15, 0.2) is 24.3 Å². The van der Waals surface area contributed by atoms with Crippen molar-refractivity contribution in [3.63, 3.8) is 0 Å². The third-order valence-electron chi connectivity index (χ3n) is 2.78. The average molecular weight is 298 g/mol. The maximum absolute atomic E-state index is 11.7. The summed E-state index contributed by atoms with van der Waals surface area (Å²) >= 11 is 0. The van der Waals surface area contributed by atoms with E-state index in [1.807, 2.05) is 19.1 Å². The first kappa shape index (κ1) is 16.6. The van der Waals surface area contributed by atoms with E-state index in [9.17, 15) is 14.3 Å². The van der Waals surface area contributed by atoms with Crippen molar-refractivity contribution in [2.24, 2.45) is 0 Å². The lowest BCUT2D eigenvalue weighted by Crippen LogP contribution is -2.00. The summed E-state index contributed by atoms with van der Waals surface area (Å²) in [5.41, 5.74) is 2.24. The van der Waals surface area contributed by atoms with Gasteiger partial charge in [0.1, 0.15) is 0 Å². The molecule has 0 heterocycles. The van der Waals surface area contributed by atoms with Crippen LogP contribution in [-0.2, 0) is 24.8 Å². The molecular weight excluding hydrogens is 279 g/mol. The fraction of sp³-hybridized carbons (Fsp3) is 0.357. The number of carbonyl (C=O) groups is 1. The highest BCUT2D eigenvalue weighted by Gasteiger charge is 2.20. The van der Waals surface area contributed by atoms with E-state index in [0.717, 1.165) is 5.56 Å². The third kappa shape index (κ3) is 4.93. The lowest BCUT2D eigenvalue weighted by atomic mass is 10.0. The first-order chi connectivity index (χ1) is 9.39. The Labute approximate surface area is 118 Å². The SMILES string of the molecule is CCOC(=O)/C=C/c1cccc(C)c1CP(=O)(O)OC. The van der Waals surface area contributed by atoms with Crippen LogP contribution in [0.3, 0.4) is 0 Å². The minimum absolute atomic E-state index is 0.0985. The third-order valence-corrected chi connectivity index (χ3v) is 4.06. The molecule has 0 aliphatic carbocycles. The quantitative estimate of drug-likeness (QED) is 0.496. The van der Waals surface area contributed by atoms with E-state index < -0.39 is 13.6 Å². The van der Waals surface area contributed by atoms with Gasteiger partial charge in [0, 0.05) is 13.2 Å². The van der Waals surface area contributed by atoms with Gasteiger partial charge in [-0.1, -0.05) is 18.2 Å². The molecule has 0 saturated heterocycles. The molecule has 0 saturated carbocycles. The average Bonchev–Trinajstić information content (AvgIpc) is 2.40. The van der Waals surface area contributed by atoms with Crippen LogP contribution >= 0.6 is 7.60 Å². The summed E-state index contributed by atoms with van der Waals surface area (Å²) < 4.78 is 21.1. The molecule has 1 atom stereocenters. The van der Waals surface area contributed by atoms with E-state index in [-0.39, 0.29) is 6.16 Å². The molecular formula is C14H19O5P. The Balaban J connectivity index is 3.05. The van der Waals surface area contributed by atoms with Crippen molar-refractivity contribution in [1.82, 2.24) is 0 Å². The molecule has 110 valence electrons. The van der Waals surface area contributed by atoms with Crippen LogP contribution in [0.2, 0.25) is 0 Å². The second kappa shape index (κ2) is 7.39. The van der Waals surface area contributed by atoms with Gasteiger partial charge in [-0.2, -0.15) is 0 Å². The van der Waals surface area contributed by atoms with Gasteiger partial charge in [0.05, 0.1) is 12.8 Å². The first-order valence-electron chi connectivity index (χ1n) is 6.20. The predicted octanol–water partition coefficient (Wildman–Crippen LogP) is 2.90. The van der Waals surface area contributed by atoms with E-state index in [4.69, 9.17) is 4.74 Å². The molecule has 0 bridgehead atoms. The number of benzene rings is 1. The Morgan fingerprint density at radius 1 is 1.45 bits per heavy atom. The van der Waals surface area contributed by atoms with Crippen molar-refractivity contribution < 1.29 is 23.5 Å². The largest absolute Gasteiger partial charge is 0.463 e. The highest BCUT2D eigenvalue weighted by molar-refractivity contribution is 7.51. The first-order valence-corrected chi connectivity index (χ1v) is 7.96. The van der Waals surface area contributed by atoms with Gasteiger partial charge in [0.15, 0.2) is 0 Å². The molecule has 1 rings (SSSR count). The van der Waals surface area contributed by atoms with Crippen LogP contribution in [-0.4, -0.2) is 24.6 Å². The highest BCUT2D eigenvalue weighted by Crippen LogP contribution is 2.46. The van der Waals surface area contributed by atoms with Crippen LogP contribution in [0.4, 0.5) is 0 Å². The van der Waals surface area contributed by atoms with Gasteiger partial charge in [-0.05, 0) is 36.6 Å². The van der Waals surface area contributed by atoms with Gasteiger partial charge < -0.3 is 14.2 Å². The van der Waals surface area contributed by atoms with Gasteiger partial charge in [0.25, 0.3) is 0 Å². The van der Waals surface area contributed by atoms with E-state index in [0.29, 0.717) is 17.7 Å². The van der Waals surface area contributed by atoms with Crippen molar-refractivity contribution >= 4 is 19.6 Å². The van der Waals surface area contributed by atoms with Crippen LogP contribution in [0, 0.1) is 6.92 Å². The number of aryl methyl sites for hydroxylation is 1. The summed E-state index contributed by atoms with van der Waals surface area (Å²) in [5, 5.41) is 0. The molecule has 0 amide bonds. The molecule has 20 heavy (non-hydrogen) atoms. The Bertz CT molecular complexity index is 550. The van der Waals surface area contributed by atoms with Gasteiger partial charge in [-0.25, -0.2) is 4.79 Å². The van der Waals surface area contributed by atoms with Crippen molar-refractivity contribution in [3.05, 3.63) is 41.0 Å². The zero-order chi connectivity index (χ0) is 15.2. The maximum Gasteiger partial charge on any atom is 0.332 e. The smallest absolute Gasteiger partial charge is 0.332 e. The summed E-state index contributed by atoms with van der Waals surface area (Å²) in [5.74, 6) is -0.445. The van der Waals surface area contributed by atoms with Crippen molar-refractivity contribution in [1.29, 1.82) is 0 Å². The van der Waals surface area contributed by atoms with E-state index in [1.54, 1.807) is 19.1 Å². The molecule has 1 aromatic carbocycles. The van der Waals surface area contributed by atoms with E-state index in [1.165, 1.54) is 13.2 Å². The zero-order valence-electron chi connectivity index (χ0n) is 11.8. The molecule has 1 N–H and O–H groups in total. The molecule has 6 heteroatoms. The van der Waals surface area contributed by atoms with Crippen LogP contribution < -0.4 is 0 Å². The van der Waals surface area contributed by atoms with Gasteiger partial charge in [0.2, 0.25) is 0 Å². The molecule has 0 aliphatic rings. The molecule has 5 nitrogen and oxygen atoms in total. The highest BCUT2D eigenvalue weighted by atomic mass is 31.2. The monoisotopic (exact) mass is 298 g/mol. The number of rotatable bonds is 6. The van der Waals surface area contributed by atoms with Gasteiger partial charge in [-0.3, -0.25) is 4.57 Å².